The predicted octanol–water partition coefficient (Wildman–Crippen LogP) is 2.85. The van der Waals surface area contributed by atoms with Gasteiger partial charge < -0.3 is 5.11 Å². The normalized spacial score (nSPS) is 10.6. The van der Waals surface area contributed by atoms with E-state index in [9.17, 15) is 5.11 Å². The molecule has 0 radical (unpaired) electrons. The van der Waals surface area contributed by atoms with E-state index in [1.165, 1.54) is 0 Å². The zero-order valence-corrected chi connectivity index (χ0v) is 9.28. The van der Waals surface area contributed by atoms with Gasteiger partial charge in [-0.05, 0) is 32.0 Å². The molecule has 15 heavy (non-hydrogen) atoms. The maximum atomic E-state index is 9.73. The molecular formula is C11H11ClN2O. The zero-order chi connectivity index (χ0) is 11.0. The third-order valence-electron chi connectivity index (χ3n) is 2.19. The molecule has 1 aromatic heterocycles. The van der Waals surface area contributed by atoms with Crippen LogP contribution in [-0.2, 0) is 0 Å². The first-order valence-corrected chi connectivity index (χ1v) is 4.98. The Bertz CT molecular complexity index is 485. The first-order chi connectivity index (χ1) is 7.09. The van der Waals surface area contributed by atoms with Crippen LogP contribution in [0.3, 0.4) is 0 Å². The lowest BCUT2D eigenvalue weighted by atomic mass is 10.3. The average Bonchev–Trinajstić information content (AvgIpc) is 2.45. The minimum atomic E-state index is 0.133. The standard InChI is InChI=1S/C11H11ClN2O/c1-7-6-8(2)14(13-7)11-9(12)4-3-5-10(11)15/h3-6,15H,1-2H3. The lowest BCUT2D eigenvalue weighted by molar-refractivity contribution is 0.470. The number of halogens is 1. The van der Waals surface area contributed by atoms with Crippen LogP contribution in [-0.4, -0.2) is 14.9 Å². The van der Waals surface area contributed by atoms with Gasteiger partial charge >= 0.3 is 0 Å². The van der Waals surface area contributed by atoms with Crippen LogP contribution in [0.25, 0.3) is 5.69 Å². The molecule has 1 heterocycles. The van der Waals surface area contributed by atoms with Gasteiger partial charge in [0.2, 0.25) is 0 Å². The van der Waals surface area contributed by atoms with Crippen molar-refractivity contribution < 1.29 is 5.11 Å². The molecule has 4 heteroatoms. The number of hydrogen-bond donors (Lipinski definition) is 1. The van der Waals surface area contributed by atoms with Gasteiger partial charge in [-0.25, -0.2) is 4.68 Å². The fourth-order valence-corrected chi connectivity index (χ4v) is 1.82. The zero-order valence-electron chi connectivity index (χ0n) is 8.53. The van der Waals surface area contributed by atoms with Gasteiger partial charge in [0, 0.05) is 5.69 Å². The molecule has 2 rings (SSSR count). The van der Waals surface area contributed by atoms with E-state index >= 15 is 0 Å². The molecule has 0 atom stereocenters. The molecule has 3 nitrogen and oxygen atoms in total. The maximum Gasteiger partial charge on any atom is 0.142 e. The average molecular weight is 223 g/mol. The van der Waals surface area contributed by atoms with E-state index in [0.29, 0.717) is 10.7 Å². The third kappa shape index (κ3) is 1.70. The van der Waals surface area contributed by atoms with Crippen LogP contribution in [0.2, 0.25) is 5.02 Å². The number of para-hydroxylation sites is 1. The van der Waals surface area contributed by atoms with Crippen LogP contribution in [0.4, 0.5) is 0 Å². The van der Waals surface area contributed by atoms with Crippen molar-refractivity contribution in [2.45, 2.75) is 13.8 Å². The van der Waals surface area contributed by atoms with Crippen LogP contribution in [0.1, 0.15) is 11.4 Å². The summed E-state index contributed by atoms with van der Waals surface area (Å²) < 4.78 is 1.65. The topological polar surface area (TPSA) is 38.0 Å². The van der Waals surface area contributed by atoms with Crippen molar-refractivity contribution in [2.75, 3.05) is 0 Å². The molecule has 0 aliphatic carbocycles. The number of phenolic OH excluding ortho intramolecular Hbond substituents is 1. The summed E-state index contributed by atoms with van der Waals surface area (Å²) in [6.07, 6.45) is 0. The van der Waals surface area contributed by atoms with Crippen molar-refractivity contribution in [3.8, 4) is 11.4 Å². The van der Waals surface area contributed by atoms with E-state index in [2.05, 4.69) is 5.10 Å². The number of benzene rings is 1. The molecule has 0 bridgehead atoms. The second-order valence-electron chi connectivity index (χ2n) is 3.45. The Labute approximate surface area is 92.9 Å². The minimum Gasteiger partial charge on any atom is -0.506 e. The number of aromatic nitrogens is 2. The Morgan fingerprint density at radius 3 is 2.60 bits per heavy atom. The Morgan fingerprint density at radius 1 is 1.33 bits per heavy atom. The van der Waals surface area contributed by atoms with Crippen molar-refractivity contribution >= 4 is 11.6 Å². The van der Waals surface area contributed by atoms with Crippen molar-refractivity contribution in [2.24, 2.45) is 0 Å². The first-order valence-electron chi connectivity index (χ1n) is 4.60. The van der Waals surface area contributed by atoms with E-state index in [4.69, 9.17) is 11.6 Å². The molecule has 0 unspecified atom stereocenters. The molecule has 0 saturated carbocycles. The number of nitrogens with zero attached hydrogens (tertiary/aromatic N) is 2. The Morgan fingerprint density at radius 2 is 2.07 bits per heavy atom. The molecule has 0 aliphatic heterocycles. The first kappa shape index (κ1) is 10.1. The molecule has 0 saturated heterocycles. The van der Waals surface area contributed by atoms with E-state index in [-0.39, 0.29) is 5.75 Å². The number of rotatable bonds is 1. The Hall–Kier alpha value is -1.48. The maximum absolute atomic E-state index is 9.73. The second kappa shape index (κ2) is 3.59. The minimum absolute atomic E-state index is 0.133. The summed E-state index contributed by atoms with van der Waals surface area (Å²) in [5.74, 6) is 0.133. The van der Waals surface area contributed by atoms with Crippen molar-refractivity contribution in [3.63, 3.8) is 0 Å². The van der Waals surface area contributed by atoms with Gasteiger partial charge in [0.05, 0.1) is 10.7 Å². The number of hydrogen-bond acceptors (Lipinski definition) is 2. The van der Waals surface area contributed by atoms with Crippen LogP contribution >= 0.6 is 11.6 Å². The smallest absolute Gasteiger partial charge is 0.142 e. The summed E-state index contributed by atoms with van der Waals surface area (Å²) in [6.45, 7) is 3.82. The highest BCUT2D eigenvalue weighted by molar-refractivity contribution is 6.32. The SMILES string of the molecule is Cc1cc(C)n(-c2c(O)cccc2Cl)n1. The predicted molar refractivity (Wildman–Crippen MR) is 59.7 cm³/mol. The molecule has 1 aromatic carbocycles. The summed E-state index contributed by atoms with van der Waals surface area (Å²) in [7, 11) is 0. The second-order valence-corrected chi connectivity index (χ2v) is 3.85. The Balaban J connectivity index is 2.68. The van der Waals surface area contributed by atoms with Gasteiger partial charge in [-0.2, -0.15) is 5.10 Å². The molecule has 0 aliphatic rings. The molecule has 0 fully saturated rings. The number of phenols is 1. The van der Waals surface area contributed by atoms with Crippen molar-refractivity contribution in [1.29, 1.82) is 0 Å². The molecular weight excluding hydrogens is 212 g/mol. The van der Waals surface area contributed by atoms with Crippen LogP contribution in [0.15, 0.2) is 24.3 Å². The molecule has 1 N–H and O–H groups in total. The van der Waals surface area contributed by atoms with Gasteiger partial charge in [0.15, 0.2) is 0 Å². The fraction of sp³-hybridized carbons (Fsp3) is 0.182. The van der Waals surface area contributed by atoms with Crippen molar-refractivity contribution in [3.05, 3.63) is 40.7 Å². The van der Waals surface area contributed by atoms with E-state index in [1.807, 2.05) is 19.9 Å². The number of aromatic hydroxyl groups is 1. The summed E-state index contributed by atoms with van der Waals surface area (Å²) in [4.78, 5) is 0. The van der Waals surface area contributed by atoms with Crippen LogP contribution in [0, 0.1) is 13.8 Å². The summed E-state index contributed by atoms with van der Waals surface area (Å²) in [5.41, 5.74) is 2.37. The van der Waals surface area contributed by atoms with Crippen molar-refractivity contribution in [1.82, 2.24) is 9.78 Å². The summed E-state index contributed by atoms with van der Waals surface area (Å²) >= 11 is 6.02. The quantitative estimate of drug-likeness (QED) is 0.806. The van der Waals surface area contributed by atoms with Crippen LogP contribution in [0.5, 0.6) is 5.75 Å². The summed E-state index contributed by atoms with van der Waals surface area (Å²) in [5, 5.41) is 14.5. The lowest BCUT2D eigenvalue weighted by Crippen LogP contribution is -2.00. The van der Waals surface area contributed by atoms with E-state index < -0.39 is 0 Å². The Kier molecular flexibility index (Phi) is 2.40. The van der Waals surface area contributed by atoms with E-state index in [1.54, 1.807) is 22.9 Å². The molecule has 0 amide bonds. The highest BCUT2D eigenvalue weighted by atomic mass is 35.5. The molecule has 78 valence electrons. The van der Waals surface area contributed by atoms with Gasteiger partial charge in [0.25, 0.3) is 0 Å². The van der Waals surface area contributed by atoms with E-state index in [0.717, 1.165) is 11.4 Å². The largest absolute Gasteiger partial charge is 0.506 e. The van der Waals surface area contributed by atoms with Gasteiger partial charge in [-0.15, -0.1) is 0 Å². The summed E-state index contributed by atoms with van der Waals surface area (Å²) in [6, 6.07) is 6.96. The number of aryl methyl sites for hydroxylation is 2. The highest BCUT2D eigenvalue weighted by Crippen LogP contribution is 2.29. The highest BCUT2D eigenvalue weighted by Gasteiger charge is 2.11. The molecule has 0 spiro atoms. The van der Waals surface area contributed by atoms with Gasteiger partial charge in [0.1, 0.15) is 11.4 Å². The van der Waals surface area contributed by atoms with Crippen LogP contribution < -0.4 is 0 Å². The van der Waals surface area contributed by atoms with Gasteiger partial charge in [-0.3, -0.25) is 0 Å². The lowest BCUT2D eigenvalue weighted by Gasteiger charge is -2.08. The van der Waals surface area contributed by atoms with Gasteiger partial charge in [-0.1, -0.05) is 17.7 Å². The monoisotopic (exact) mass is 222 g/mol. The third-order valence-corrected chi connectivity index (χ3v) is 2.49. The fourth-order valence-electron chi connectivity index (χ4n) is 1.57. The molecule has 2 aromatic rings.